The molecule has 0 aliphatic rings. The van der Waals surface area contributed by atoms with Crippen LogP contribution in [-0.4, -0.2) is 11.0 Å². The minimum Gasteiger partial charge on any atom is -0.508 e. The number of furan rings is 1. The third-order valence-corrected chi connectivity index (χ3v) is 2.89. The Hall–Kier alpha value is -2.23. The highest BCUT2D eigenvalue weighted by atomic mass is 16.3. The molecule has 18 heavy (non-hydrogen) atoms. The number of carbonyl (C=O) groups is 1. The lowest BCUT2D eigenvalue weighted by Gasteiger charge is -2.05. The second-order valence-electron chi connectivity index (χ2n) is 4.22. The van der Waals surface area contributed by atoms with E-state index >= 15 is 0 Å². The van der Waals surface area contributed by atoms with Gasteiger partial charge in [-0.3, -0.25) is 4.79 Å². The molecular weight excluding hydrogens is 230 g/mol. The van der Waals surface area contributed by atoms with Gasteiger partial charge in [0.05, 0.1) is 5.56 Å². The number of amides is 1. The summed E-state index contributed by atoms with van der Waals surface area (Å²) in [6.45, 7) is 5.44. The summed E-state index contributed by atoms with van der Waals surface area (Å²) in [6.07, 6.45) is 0. The van der Waals surface area contributed by atoms with Crippen molar-refractivity contribution in [1.82, 2.24) is 0 Å². The predicted octanol–water partition coefficient (Wildman–Crippen LogP) is 3.16. The summed E-state index contributed by atoms with van der Waals surface area (Å²) >= 11 is 0. The lowest BCUT2D eigenvalue weighted by Crippen LogP contribution is -2.13. The summed E-state index contributed by atoms with van der Waals surface area (Å²) in [5, 5.41) is 12.1. The summed E-state index contributed by atoms with van der Waals surface area (Å²) in [7, 11) is 0. The minimum absolute atomic E-state index is 0.115. The molecule has 0 atom stereocenters. The van der Waals surface area contributed by atoms with E-state index in [9.17, 15) is 9.90 Å². The Labute approximate surface area is 105 Å². The summed E-state index contributed by atoms with van der Waals surface area (Å²) in [5.41, 5.74) is 1.94. The predicted molar refractivity (Wildman–Crippen MR) is 69.0 cm³/mol. The molecule has 1 heterocycles. The molecule has 0 bridgehead atoms. The van der Waals surface area contributed by atoms with Gasteiger partial charge in [0.1, 0.15) is 17.3 Å². The van der Waals surface area contributed by atoms with Crippen molar-refractivity contribution >= 4 is 11.6 Å². The third-order valence-electron chi connectivity index (χ3n) is 2.89. The van der Waals surface area contributed by atoms with Crippen LogP contribution in [0.2, 0.25) is 0 Å². The third kappa shape index (κ3) is 2.22. The number of nitrogens with one attached hydrogen (secondary N) is 1. The first kappa shape index (κ1) is 12.2. The van der Waals surface area contributed by atoms with E-state index in [4.69, 9.17) is 4.42 Å². The molecule has 4 heteroatoms. The Balaban J connectivity index is 2.27. The molecule has 0 aliphatic heterocycles. The van der Waals surface area contributed by atoms with Crippen LogP contribution in [0.25, 0.3) is 0 Å². The van der Waals surface area contributed by atoms with Gasteiger partial charge in [-0.05, 0) is 32.9 Å². The number of benzene rings is 1. The fourth-order valence-corrected chi connectivity index (χ4v) is 1.90. The van der Waals surface area contributed by atoms with Crippen molar-refractivity contribution in [3.8, 4) is 5.75 Å². The second kappa shape index (κ2) is 4.56. The summed E-state index contributed by atoms with van der Waals surface area (Å²) < 4.78 is 5.42. The van der Waals surface area contributed by atoms with E-state index < -0.39 is 0 Å². The van der Waals surface area contributed by atoms with Crippen molar-refractivity contribution in [3.63, 3.8) is 0 Å². The maximum atomic E-state index is 12.1. The highest BCUT2D eigenvalue weighted by molar-refractivity contribution is 6.06. The average Bonchev–Trinajstić information content (AvgIpc) is 2.53. The average molecular weight is 245 g/mol. The first-order chi connectivity index (χ1) is 8.49. The summed E-state index contributed by atoms with van der Waals surface area (Å²) in [6, 6.07) is 6.43. The second-order valence-corrected chi connectivity index (χ2v) is 4.22. The summed E-state index contributed by atoms with van der Waals surface area (Å²) in [4.78, 5) is 12.1. The Morgan fingerprint density at radius 2 is 1.94 bits per heavy atom. The van der Waals surface area contributed by atoms with Crippen LogP contribution in [0.15, 0.2) is 28.7 Å². The van der Waals surface area contributed by atoms with Crippen LogP contribution in [0.4, 0.5) is 5.69 Å². The lowest BCUT2D eigenvalue weighted by atomic mass is 10.1. The zero-order valence-electron chi connectivity index (χ0n) is 10.6. The molecule has 94 valence electrons. The number of phenols is 1. The number of aromatic hydroxyl groups is 1. The molecule has 1 aromatic carbocycles. The van der Waals surface area contributed by atoms with Crippen LogP contribution in [0.5, 0.6) is 5.75 Å². The number of phenolic OH excluding ortho intramolecular Hbond substituents is 1. The van der Waals surface area contributed by atoms with Gasteiger partial charge >= 0.3 is 0 Å². The van der Waals surface area contributed by atoms with Gasteiger partial charge in [-0.25, -0.2) is 0 Å². The van der Waals surface area contributed by atoms with Gasteiger partial charge in [0, 0.05) is 17.3 Å². The molecule has 0 saturated heterocycles. The molecule has 0 radical (unpaired) electrons. The molecule has 1 amide bonds. The van der Waals surface area contributed by atoms with E-state index in [0.29, 0.717) is 17.0 Å². The van der Waals surface area contributed by atoms with E-state index in [1.807, 2.05) is 13.8 Å². The van der Waals surface area contributed by atoms with Crippen molar-refractivity contribution in [2.45, 2.75) is 20.8 Å². The van der Waals surface area contributed by atoms with Crippen LogP contribution >= 0.6 is 0 Å². The lowest BCUT2D eigenvalue weighted by molar-refractivity contribution is 0.102. The number of anilines is 1. The molecule has 2 rings (SSSR count). The van der Waals surface area contributed by atoms with Crippen LogP contribution < -0.4 is 5.32 Å². The first-order valence-electron chi connectivity index (χ1n) is 5.66. The minimum atomic E-state index is -0.229. The number of rotatable bonds is 2. The maximum absolute atomic E-state index is 12.1. The largest absolute Gasteiger partial charge is 0.508 e. The van der Waals surface area contributed by atoms with E-state index in [1.54, 1.807) is 25.1 Å². The van der Waals surface area contributed by atoms with Crippen molar-refractivity contribution in [3.05, 3.63) is 46.9 Å². The molecule has 4 nitrogen and oxygen atoms in total. The van der Waals surface area contributed by atoms with Crippen molar-refractivity contribution in [2.24, 2.45) is 0 Å². The number of carbonyl (C=O) groups excluding carboxylic acids is 1. The molecule has 0 aliphatic carbocycles. The molecule has 2 aromatic rings. The molecule has 1 aromatic heterocycles. The standard InChI is InChI=1S/C14H15NO3/c1-8-9(2)18-10(3)13(8)14(17)15-11-5-4-6-12(16)7-11/h4-7,16H,1-3H3,(H,15,17). The molecule has 0 spiro atoms. The van der Waals surface area contributed by atoms with Crippen molar-refractivity contribution in [2.75, 3.05) is 5.32 Å². The normalized spacial score (nSPS) is 10.4. The van der Waals surface area contributed by atoms with Crippen LogP contribution in [0, 0.1) is 20.8 Å². The van der Waals surface area contributed by atoms with Gasteiger partial charge < -0.3 is 14.8 Å². The van der Waals surface area contributed by atoms with E-state index in [0.717, 1.165) is 11.3 Å². The Kier molecular flexibility index (Phi) is 3.10. The van der Waals surface area contributed by atoms with Gasteiger partial charge in [0.25, 0.3) is 5.91 Å². The van der Waals surface area contributed by atoms with Gasteiger partial charge in [-0.1, -0.05) is 6.07 Å². The Bertz CT molecular complexity index is 599. The van der Waals surface area contributed by atoms with Crippen LogP contribution in [0.3, 0.4) is 0 Å². The fraction of sp³-hybridized carbons (Fsp3) is 0.214. The monoisotopic (exact) mass is 245 g/mol. The van der Waals surface area contributed by atoms with E-state index in [1.165, 1.54) is 6.07 Å². The topological polar surface area (TPSA) is 62.5 Å². The Morgan fingerprint density at radius 1 is 1.22 bits per heavy atom. The zero-order valence-corrected chi connectivity index (χ0v) is 10.6. The van der Waals surface area contributed by atoms with E-state index in [-0.39, 0.29) is 11.7 Å². The molecule has 0 fully saturated rings. The number of aryl methyl sites for hydroxylation is 2. The number of hydrogen-bond donors (Lipinski definition) is 2. The zero-order chi connectivity index (χ0) is 13.3. The van der Waals surface area contributed by atoms with E-state index in [2.05, 4.69) is 5.32 Å². The van der Waals surface area contributed by atoms with Crippen molar-refractivity contribution < 1.29 is 14.3 Å². The van der Waals surface area contributed by atoms with Crippen LogP contribution in [-0.2, 0) is 0 Å². The van der Waals surface area contributed by atoms with Crippen LogP contribution in [0.1, 0.15) is 27.4 Å². The summed E-state index contributed by atoms with van der Waals surface area (Å²) in [5.74, 6) is 1.23. The molecular formula is C14H15NO3. The van der Waals surface area contributed by atoms with Gasteiger partial charge in [0.2, 0.25) is 0 Å². The highest BCUT2D eigenvalue weighted by Crippen LogP contribution is 2.23. The highest BCUT2D eigenvalue weighted by Gasteiger charge is 2.18. The SMILES string of the molecule is Cc1oc(C)c(C(=O)Nc2cccc(O)c2)c1C. The molecule has 0 saturated carbocycles. The molecule has 0 unspecified atom stereocenters. The van der Waals surface area contributed by atoms with Crippen molar-refractivity contribution in [1.29, 1.82) is 0 Å². The fourth-order valence-electron chi connectivity index (χ4n) is 1.90. The first-order valence-corrected chi connectivity index (χ1v) is 5.66. The smallest absolute Gasteiger partial charge is 0.259 e. The molecule has 2 N–H and O–H groups in total. The maximum Gasteiger partial charge on any atom is 0.259 e. The van der Waals surface area contributed by atoms with Gasteiger partial charge in [0.15, 0.2) is 0 Å². The quantitative estimate of drug-likeness (QED) is 0.854. The van der Waals surface area contributed by atoms with Gasteiger partial charge in [-0.15, -0.1) is 0 Å². The van der Waals surface area contributed by atoms with Gasteiger partial charge in [-0.2, -0.15) is 0 Å². The number of hydrogen-bond acceptors (Lipinski definition) is 3. The Morgan fingerprint density at radius 3 is 2.50 bits per heavy atom.